The van der Waals surface area contributed by atoms with Gasteiger partial charge in [-0.1, -0.05) is 34.1 Å². The number of fused-ring (bicyclic) bond motifs is 5. The van der Waals surface area contributed by atoms with Crippen LogP contribution in [-0.4, -0.2) is 62.9 Å². The van der Waals surface area contributed by atoms with E-state index in [1.165, 1.54) is 44.9 Å². The lowest BCUT2D eigenvalue weighted by Gasteiger charge is -2.65. The Balaban J connectivity index is 1.64. The van der Waals surface area contributed by atoms with Crippen LogP contribution in [0.25, 0.3) is 0 Å². The molecule has 4 fully saturated rings. The first-order valence-corrected chi connectivity index (χ1v) is 17.2. The average molecular weight is 565 g/mol. The molecule has 0 amide bonds. The maximum Gasteiger partial charge on any atom is 0.0637 e. The van der Waals surface area contributed by atoms with Crippen LogP contribution in [0, 0.1) is 46.3 Å². The lowest BCUT2D eigenvalue weighted by molar-refractivity contribution is -0.227. The zero-order valence-corrected chi connectivity index (χ0v) is 26.5. The van der Waals surface area contributed by atoms with Gasteiger partial charge >= 0.3 is 0 Å². The zero-order chi connectivity index (χ0) is 28.8. The van der Waals surface area contributed by atoms with Crippen molar-refractivity contribution >= 4 is 0 Å². The first kappa shape index (κ1) is 32.7. The quantitative estimate of drug-likeness (QED) is 0.201. The largest absolute Gasteiger partial charge is 0.396 e. The van der Waals surface area contributed by atoms with E-state index in [9.17, 15) is 5.11 Å². The molecule has 0 heterocycles. The fraction of sp³-hybridized carbons (Fsp3) is 1.00. The van der Waals surface area contributed by atoms with Crippen LogP contribution in [-0.2, 0) is 14.2 Å². The highest BCUT2D eigenvalue weighted by atomic mass is 16.5. The number of unbranched alkanes of at least 4 members (excludes halogenated alkanes) is 1. The molecule has 4 aliphatic carbocycles. The van der Waals surface area contributed by atoms with E-state index in [0.717, 1.165) is 58.3 Å². The lowest BCUT2D eigenvalue weighted by Crippen LogP contribution is -2.63. The number of hydrogen-bond donors (Lipinski definition) is 3. The van der Waals surface area contributed by atoms with Crippen molar-refractivity contribution < 1.29 is 19.3 Å². The summed E-state index contributed by atoms with van der Waals surface area (Å²) in [6, 6.07) is 0. The molecule has 0 bridgehead atoms. The highest BCUT2D eigenvalue weighted by Crippen LogP contribution is 2.69. The van der Waals surface area contributed by atoms with Gasteiger partial charge in [-0.3, -0.25) is 0 Å². The van der Waals surface area contributed by atoms with Gasteiger partial charge in [0.15, 0.2) is 0 Å². The minimum atomic E-state index is 0.155. The van der Waals surface area contributed by atoms with Crippen LogP contribution in [0.5, 0.6) is 0 Å². The van der Waals surface area contributed by atoms with Gasteiger partial charge in [0.1, 0.15) is 0 Å². The average Bonchev–Trinajstić information content (AvgIpc) is 3.31. The Bertz CT molecular complexity index is 753. The summed E-state index contributed by atoms with van der Waals surface area (Å²) in [5, 5.41) is 9.59. The van der Waals surface area contributed by atoms with Crippen LogP contribution in [0.2, 0.25) is 0 Å². The van der Waals surface area contributed by atoms with E-state index in [1.807, 2.05) is 0 Å². The maximum atomic E-state index is 9.59. The summed E-state index contributed by atoms with van der Waals surface area (Å²) in [7, 11) is 0. The van der Waals surface area contributed by atoms with Gasteiger partial charge in [-0.25, -0.2) is 0 Å². The van der Waals surface area contributed by atoms with Gasteiger partial charge in [0.05, 0.1) is 18.3 Å². The van der Waals surface area contributed by atoms with Crippen LogP contribution in [0.3, 0.4) is 0 Å². The Hall–Kier alpha value is -0.240. The molecular formula is C34H64N2O4. The van der Waals surface area contributed by atoms with Gasteiger partial charge in [0, 0.05) is 31.8 Å². The summed E-state index contributed by atoms with van der Waals surface area (Å²) in [6.45, 7) is 14.1. The van der Waals surface area contributed by atoms with Gasteiger partial charge in [0.2, 0.25) is 0 Å². The topological polar surface area (TPSA) is 100.0 Å². The molecule has 6 heteroatoms. The van der Waals surface area contributed by atoms with Crippen molar-refractivity contribution in [3.05, 3.63) is 0 Å². The SMILES string of the molecule is CCCCO[C@@H]1CC2C[C@H](OCCCN)CC[C@]2(C)[C@H]2C[C@H](OCCCN)[C@]3(C)[C@@H]([C@H](C)CCCO)CC[C@H]3C12. The Kier molecular flexibility index (Phi) is 12.2. The molecule has 0 aromatic carbocycles. The summed E-state index contributed by atoms with van der Waals surface area (Å²) in [5.74, 6) is 3.77. The van der Waals surface area contributed by atoms with E-state index in [0.29, 0.717) is 72.8 Å². The van der Waals surface area contributed by atoms with Crippen molar-refractivity contribution in [1.82, 2.24) is 0 Å². The van der Waals surface area contributed by atoms with E-state index in [-0.39, 0.29) is 11.5 Å². The van der Waals surface area contributed by atoms with Crippen molar-refractivity contribution in [2.45, 2.75) is 129 Å². The summed E-state index contributed by atoms with van der Waals surface area (Å²) in [6.07, 6.45) is 15.7. The zero-order valence-electron chi connectivity index (χ0n) is 26.5. The fourth-order valence-corrected chi connectivity index (χ4v) is 10.3. The van der Waals surface area contributed by atoms with Crippen molar-refractivity contribution in [2.24, 2.45) is 57.8 Å². The van der Waals surface area contributed by atoms with E-state index >= 15 is 0 Å². The molecule has 2 unspecified atom stereocenters. The third-order valence-electron chi connectivity index (χ3n) is 12.5. The first-order chi connectivity index (χ1) is 19.3. The molecule has 5 N–H and O–H groups in total. The second kappa shape index (κ2) is 15.0. The van der Waals surface area contributed by atoms with Gasteiger partial charge in [-0.15, -0.1) is 0 Å². The molecule has 11 atom stereocenters. The maximum absolute atomic E-state index is 9.59. The van der Waals surface area contributed by atoms with Crippen molar-refractivity contribution in [3.63, 3.8) is 0 Å². The highest BCUT2D eigenvalue weighted by molar-refractivity contribution is 5.15. The Morgan fingerprint density at radius 2 is 1.57 bits per heavy atom. The smallest absolute Gasteiger partial charge is 0.0637 e. The normalized spacial score (nSPS) is 41.8. The molecule has 4 aliphatic rings. The molecule has 4 saturated carbocycles. The third-order valence-corrected chi connectivity index (χ3v) is 12.5. The molecule has 0 aromatic heterocycles. The monoisotopic (exact) mass is 564 g/mol. The lowest BCUT2D eigenvalue weighted by atomic mass is 9.43. The van der Waals surface area contributed by atoms with Crippen LogP contribution in [0.15, 0.2) is 0 Å². The molecule has 4 rings (SSSR count). The molecule has 0 spiro atoms. The molecule has 0 aromatic rings. The molecule has 234 valence electrons. The standard InChI is InChI=1S/C34H64N2O4/c1-5-6-18-39-30-22-25-21-26(38-19-8-15-35)13-14-33(25,3)29-23-31(40-20-9-16-36)34(4)27(24(2)10-7-17-37)11-12-28(34)32(29)30/h24-32,37H,5-23,35-36H2,1-4H3/t24-,25?,26-,27-,28+,29+,30-,31+,32?,33+,34-/m1/s1. The Labute approximate surface area is 246 Å². The molecule has 40 heavy (non-hydrogen) atoms. The summed E-state index contributed by atoms with van der Waals surface area (Å²) in [5.41, 5.74) is 12.2. The van der Waals surface area contributed by atoms with Gasteiger partial charge < -0.3 is 30.8 Å². The minimum absolute atomic E-state index is 0.155. The number of nitrogens with two attached hydrogens (primary N) is 2. The summed E-state index contributed by atoms with van der Waals surface area (Å²) < 4.78 is 20.2. The number of aliphatic hydroxyl groups excluding tert-OH is 1. The molecule has 0 radical (unpaired) electrons. The highest BCUT2D eigenvalue weighted by Gasteiger charge is 2.66. The van der Waals surface area contributed by atoms with E-state index < -0.39 is 0 Å². The van der Waals surface area contributed by atoms with Gasteiger partial charge in [0.25, 0.3) is 0 Å². The third kappa shape index (κ3) is 6.63. The Morgan fingerprint density at radius 1 is 0.850 bits per heavy atom. The summed E-state index contributed by atoms with van der Waals surface area (Å²) in [4.78, 5) is 0. The molecule has 0 aliphatic heterocycles. The molecular weight excluding hydrogens is 500 g/mol. The number of aliphatic hydroxyl groups is 1. The predicted molar refractivity (Wildman–Crippen MR) is 163 cm³/mol. The van der Waals surface area contributed by atoms with Crippen molar-refractivity contribution in [1.29, 1.82) is 0 Å². The van der Waals surface area contributed by atoms with Crippen LogP contribution in [0.1, 0.15) is 111 Å². The fourth-order valence-electron chi connectivity index (χ4n) is 10.3. The predicted octanol–water partition coefficient (Wildman–Crippen LogP) is 5.93. The minimum Gasteiger partial charge on any atom is -0.396 e. The summed E-state index contributed by atoms with van der Waals surface area (Å²) >= 11 is 0. The first-order valence-electron chi connectivity index (χ1n) is 17.2. The molecule has 0 saturated heterocycles. The number of ether oxygens (including phenoxy) is 3. The van der Waals surface area contributed by atoms with Gasteiger partial charge in [-0.2, -0.15) is 0 Å². The van der Waals surface area contributed by atoms with Gasteiger partial charge in [-0.05, 0) is 131 Å². The number of hydrogen-bond acceptors (Lipinski definition) is 6. The van der Waals surface area contributed by atoms with Crippen LogP contribution >= 0.6 is 0 Å². The van der Waals surface area contributed by atoms with Crippen LogP contribution in [0.4, 0.5) is 0 Å². The Morgan fingerprint density at radius 3 is 2.27 bits per heavy atom. The van der Waals surface area contributed by atoms with Crippen molar-refractivity contribution in [2.75, 3.05) is 39.5 Å². The second-order valence-corrected chi connectivity index (χ2v) is 14.5. The van der Waals surface area contributed by atoms with E-state index in [4.69, 9.17) is 25.7 Å². The number of rotatable bonds is 16. The second-order valence-electron chi connectivity index (χ2n) is 14.5. The van der Waals surface area contributed by atoms with E-state index in [2.05, 4.69) is 27.7 Å². The van der Waals surface area contributed by atoms with E-state index in [1.54, 1.807) is 0 Å². The van der Waals surface area contributed by atoms with Crippen molar-refractivity contribution in [3.8, 4) is 0 Å². The molecule has 6 nitrogen and oxygen atoms in total. The van der Waals surface area contributed by atoms with Crippen LogP contribution < -0.4 is 11.5 Å².